The molecule has 6 nitrogen and oxygen atoms in total. The number of aromatic nitrogens is 3. The molecule has 1 aromatic carbocycles. The van der Waals surface area contributed by atoms with Crippen molar-refractivity contribution in [1.29, 1.82) is 0 Å². The molecular weight excluding hydrogens is 334 g/mol. The van der Waals surface area contributed by atoms with Crippen LogP contribution in [-0.4, -0.2) is 28.1 Å². The highest BCUT2D eigenvalue weighted by Gasteiger charge is 2.08. The zero-order chi connectivity index (χ0) is 15.2. The summed E-state index contributed by atoms with van der Waals surface area (Å²) in [5, 5.41) is 6.27. The van der Waals surface area contributed by atoms with E-state index in [0.717, 1.165) is 22.3 Å². The molecule has 0 aliphatic heterocycles. The van der Waals surface area contributed by atoms with E-state index in [-0.39, 0.29) is 0 Å². The number of hydrogen-bond donors (Lipinski definition) is 2. The SMILES string of the molecule is CCNc1nc(Nc2cc(Br)ccc2C)nc(OCC)n1. The van der Waals surface area contributed by atoms with Crippen LogP contribution in [0.2, 0.25) is 0 Å². The molecule has 0 atom stereocenters. The summed E-state index contributed by atoms with van der Waals surface area (Å²) >= 11 is 3.46. The molecule has 0 bridgehead atoms. The average Bonchev–Trinajstić information content (AvgIpc) is 2.43. The largest absolute Gasteiger partial charge is 0.464 e. The number of aryl methyl sites for hydroxylation is 1. The van der Waals surface area contributed by atoms with Crippen LogP contribution >= 0.6 is 15.9 Å². The molecule has 2 aromatic rings. The van der Waals surface area contributed by atoms with Crippen LogP contribution in [0.25, 0.3) is 0 Å². The minimum atomic E-state index is 0.304. The number of nitrogens with zero attached hydrogens (tertiary/aromatic N) is 3. The van der Waals surface area contributed by atoms with Gasteiger partial charge in [0.2, 0.25) is 11.9 Å². The fourth-order valence-corrected chi connectivity index (χ4v) is 2.05. The highest BCUT2D eigenvalue weighted by molar-refractivity contribution is 9.10. The zero-order valence-corrected chi connectivity index (χ0v) is 13.9. The number of hydrogen-bond acceptors (Lipinski definition) is 6. The van der Waals surface area contributed by atoms with E-state index in [9.17, 15) is 0 Å². The van der Waals surface area contributed by atoms with E-state index in [1.165, 1.54) is 0 Å². The van der Waals surface area contributed by atoms with Crippen LogP contribution in [0.15, 0.2) is 22.7 Å². The summed E-state index contributed by atoms with van der Waals surface area (Å²) in [4.78, 5) is 12.8. The van der Waals surface area contributed by atoms with Crippen molar-refractivity contribution in [1.82, 2.24) is 15.0 Å². The molecule has 0 radical (unpaired) electrons. The van der Waals surface area contributed by atoms with Crippen LogP contribution in [-0.2, 0) is 0 Å². The zero-order valence-electron chi connectivity index (χ0n) is 12.3. The summed E-state index contributed by atoms with van der Waals surface area (Å²) in [6.45, 7) is 7.12. The van der Waals surface area contributed by atoms with E-state index in [1.54, 1.807) is 0 Å². The van der Waals surface area contributed by atoms with Gasteiger partial charge in [0.1, 0.15) is 0 Å². The van der Waals surface area contributed by atoms with Gasteiger partial charge in [-0.3, -0.25) is 0 Å². The van der Waals surface area contributed by atoms with E-state index >= 15 is 0 Å². The molecule has 7 heteroatoms. The van der Waals surface area contributed by atoms with Crippen molar-refractivity contribution in [2.45, 2.75) is 20.8 Å². The fraction of sp³-hybridized carbons (Fsp3) is 0.357. The van der Waals surface area contributed by atoms with Crippen LogP contribution < -0.4 is 15.4 Å². The Morgan fingerprint density at radius 2 is 1.90 bits per heavy atom. The Bertz CT molecular complexity index is 596. The van der Waals surface area contributed by atoms with Crippen molar-refractivity contribution in [2.75, 3.05) is 23.8 Å². The minimum Gasteiger partial charge on any atom is -0.464 e. The Labute approximate surface area is 132 Å². The Balaban J connectivity index is 2.31. The lowest BCUT2D eigenvalue weighted by Gasteiger charge is -2.11. The Hall–Kier alpha value is -1.89. The van der Waals surface area contributed by atoms with Gasteiger partial charge in [0.25, 0.3) is 0 Å². The number of benzene rings is 1. The Kier molecular flexibility index (Phi) is 5.32. The molecule has 21 heavy (non-hydrogen) atoms. The third-order valence-corrected chi connectivity index (χ3v) is 3.16. The van der Waals surface area contributed by atoms with Crippen molar-refractivity contribution in [3.8, 4) is 6.01 Å². The van der Waals surface area contributed by atoms with Gasteiger partial charge in [0.05, 0.1) is 6.61 Å². The van der Waals surface area contributed by atoms with Gasteiger partial charge in [0.15, 0.2) is 0 Å². The smallest absolute Gasteiger partial charge is 0.323 e. The first kappa shape index (κ1) is 15.5. The fourth-order valence-electron chi connectivity index (χ4n) is 1.69. The van der Waals surface area contributed by atoms with E-state index < -0.39 is 0 Å². The monoisotopic (exact) mass is 351 g/mol. The molecule has 1 heterocycles. The third kappa shape index (κ3) is 4.29. The van der Waals surface area contributed by atoms with Crippen LogP contribution in [0.1, 0.15) is 19.4 Å². The van der Waals surface area contributed by atoms with E-state index in [2.05, 4.69) is 41.5 Å². The molecule has 0 aliphatic carbocycles. The predicted molar refractivity (Wildman–Crippen MR) is 87.3 cm³/mol. The average molecular weight is 352 g/mol. The van der Waals surface area contributed by atoms with Crippen LogP contribution in [0.3, 0.4) is 0 Å². The maximum atomic E-state index is 5.37. The maximum absolute atomic E-state index is 5.37. The molecule has 0 unspecified atom stereocenters. The molecule has 0 fully saturated rings. The lowest BCUT2D eigenvalue weighted by atomic mass is 10.2. The summed E-state index contributed by atoms with van der Waals surface area (Å²) in [5.41, 5.74) is 2.03. The highest BCUT2D eigenvalue weighted by Crippen LogP contribution is 2.24. The third-order valence-electron chi connectivity index (χ3n) is 2.67. The first-order chi connectivity index (χ1) is 10.1. The Morgan fingerprint density at radius 1 is 1.14 bits per heavy atom. The molecule has 0 amide bonds. The van der Waals surface area contributed by atoms with Crippen molar-refractivity contribution >= 4 is 33.5 Å². The molecular formula is C14H18BrN5O. The first-order valence-corrected chi connectivity index (χ1v) is 7.57. The van der Waals surface area contributed by atoms with Crippen molar-refractivity contribution < 1.29 is 4.74 Å². The van der Waals surface area contributed by atoms with Crippen molar-refractivity contribution in [2.24, 2.45) is 0 Å². The van der Waals surface area contributed by atoms with Crippen LogP contribution in [0.5, 0.6) is 6.01 Å². The summed E-state index contributed by atoms with van der Waals surface area (Å²) in [7, 11) is 0. The lowest BCUT2D eigenvalue weighted by Crippen LogP contribution is -2.09. The summed E-state index contributed by atoms with van der Waals surface area (Å²) < 4.78 is 6.36. The van der Waals surface area contributed by atoms with Gasteiger partial charge in [-0.25, -0.2) is 0 Å². The van der Waals surface area contributed by atoms with Gasteiger partial charge in [-0.05, 0) is 38.5 Å². The molecule has 112 valence electrons. The van der Waals surface area contributed by atoms with E-state index in [1.807, 2.05) is 39.0 Å². The first-order valence-electron chi connectivity index (χ1n) is 6.78. The normalized spacial score (nSPS) is 10.3. The number of ether oxygens (including phenoxy) is 1. The molecule has 2 N–H and O–H groups in total. The number of nitrogens with one attached hydrogen (secondary N) is 2. The van der Waals surface area contributed by atoms with Crippen molar-refractivity contribution in [3.63, 3.8) is 0 Å². The second-order valence-corrected chi connectivity index (χ2v) is 5.23. The van der Waals surface area contributed by atoms with E-state index in [0.29, 0.717) is 24.5 Å². The lowest BCUT2D eigenvalue weighted by molar-refractivity contribution is 0.312. The van der Waals surface area contributed by atoms with Gasteiger partial charge in [-0.1, -0.05) is 22.0 Å². The van der Waals surface area contributed by atoms with Gasteiger partial charge >= 0.3 is 6.01 Å². The number of anilines is 3. The van der Waals surface area contributed by atoms with Crippen LogP contribution in [0.4, 0.5) is 17.6 Å². The number of halogens is 1. The van der Waals surface area contributed by atoms with Gasteiger partial charge in [-0.2, -0.15) is 15.0 Å². The summed E-state index contributed by atoms with van der Waals surface area (Å²) in [6, 6.07) is 6.29. The summed E-state index contributed by atoms with van der Waals surface area (Å²) in [5.74, 6) is 0.941. The molecule has 0 saturated carbocycles. The maximum Gasteiger partial charge on any atom is 0.323 e. The van der Waals surface area contributed by atoms with Crippen molar-refractivity contribution in [3.05, 3.63) is 28.2 Å². The van der Waals surface area contributed by atoms with Crippen LogP contribution in [0, 0.1) is 6.92 Å². The molecule has 1 aromatic heterocycles. The topological polar surface area (TPSA) is 72.0 Å². The van der Waals surface area contributed by atoms with Gasteiger partial charge in [0, 0.05) is 16.7 Å². The van der Waals surface area contributed by atoms with E-state index in [4.69, 9.17) is 4.74 Å². The minimum absolute atomic E-state index is 0.304. The molecule has 0 aliphatic rings. The second kappa shape index (κ2) is 7.21. The highest BCUT2D eigenvalue weighted by atomic mass is 79.9. The summed E-state index contributed by atoms with van der Waals surface area (Å²) in [6.07, 6.45) is 0. The van der Waals surface area contributed by atoms with Gasteiger partial charge < -0.3 is 15.4 Å². The molecule has 0 spiro atoms. The Morgan fingerprint density at radius 3 is 2.62 bits per heavy atom. The molecule has 0 saturated heterocycles. The second-order valence-electron chi connectivity index (χ2n) is 4.31. The molecule has 2 rings (SSSR count). The van der Waals surface area contributed by atoms with Gasteiger partial charge in [-0.15, -0.1) is 0 Å². The quantitative estimate of drug-likeness (QED) is 0.829. The predicted octanol–water partition coefficient (Wildman–Crippen LogP) is 3.52. The number of rotatable bonds is 6. The standard InChI is InChI=1S/C14H18BrN5O/c1-4-16-12-18-13(20-14(19-12)21-5-2)17-11-8-10(15)7-6-9(11)3/h6-8H,4-5H2,1-3H3,(H2,16,17,18,19,20).